The van der Waals surface area contributed by atoms with E-state index in [4.69, 9.17) is 17.4 Å². The Morgan fingerprint density at radius 3 is 2.61 bits per heavy atom. The maximum absolute atomic E-state index is 6.23. The van der Waals surface area contributed by atoms with Crippen molar-refractivity contribution in [3.05, 3.63) is 32.9 Å². The Labute approximate surface area is 120 Å². The van der Waals surface area contributed by atoms with Gasteiger partial charge in [0.1, 0.15) is 0 Å². The van der Waals surface area contributed by atoms with Gasteiger partial charge in [-0.3, -0.25) is 10.8 Å². The maximum Gasteiger partial charge on any atom is 0.0913 e. The number of fused-ring (bicyclic) bond motifs is 1. The molecular weight excluding hydrogens is 314 g/mol. The Bertz CT molecular complexity index is 611. The average molecular weight is 329 g/mol. The minimum Gasteiger partial charge on any atom is -0.323 e. The third-order valence-corrected chi connectivity index (χ3v) is 3.70. The summed E-state index contributed by atoms with van der Waals surface area (Å²) in [6, 6.07) is 3.82. The number of nitrogens with two attached hydrogens (primary N) is 1. The van der Waals surface area contributed by atoms with Crippen LogP contribution >= 0.6 is 27.5 Å². The van der Waals surface area contributed by atoms with Gasteiger partial charge in [0.05, 0.1) is 16.2 Å². The molecule has 0 aliphatic heterocycles. The fourth-order valence-electron chi connectivity index (χ4n) is 2.29. The molecule has 1 aromatic heterocycles. The molecule has 5 heteroatoms. The predicted octanol–water partition coefficient (Wildman–Crippen LogP) is 4.37. The first-order valence-corrected chi connectivity index (χ1v) is 6.88. The predicted molar refractivity (Wildman–Crippen MR) is 81.1 cm³/mol. The van der Waals surface area contributed by atoms with Crippen LogP contribution in [0.15, 0.2) is 16.6 Å². The van der Waals surface area contributed by atoms with Crippen molar-refractivity contribution in [3.8, 4) is 0 Å². The molecule has 1 heterocycles. The summed E-state index contributed by atoms with van der Waals surface area (Å²) < 4.78 is 0.914. The number of hydrogen-bond donors (Lipinski definition) is 2. The van der Waals surface area contributed by atoms with Crippen molar-refractivity contribution >= 4 is 44.1 Å². The van der Waals surface area contributed by atoms with Gasteiger partial charge >= 0.3 is 0 Å². The highest BCUT2D eigenvalue weighted by atomic mass is 79.9. The summed E-state index contributed by atoms with van der Waals surface area (Å²) in [6.45, 7) is 6.22. The van der Waals surface area contributed by atoms with E-state index in [1.165, 1.54) is 0 Å². The third-order valence-electron chi connectivity index (χ3n) is 2.96. The lowest BCUT2D eigenvalue weighted by atomic mass is 9.97. The van der Waals surface area contributed by atoms with Crippen LogP contribution in [0.1, 0.15) is 31.0 Å². The Kier molecular flexibility index (Phi) is 3.80. The molecule has 1 aromatic carbocycles. The van der Waals surface area contributed by atoms with E-state index in [1.807, 2.05) is 19.1 Å². The number of rotatable bonds is 2. The van der Waals surface area contributed by atoms with Crippen LogP contribution in [0.3, 0.4) is 0 Å². The first kappa shape index (κ1) is 13.6. The number of hydrogen-bond acceptors (Lipinski definition) is 3. The second kappa shape index (κ2) is 5.03. The van der Waals surface area contributed by atoms with Gasteiger partial charge in [0.25, 0.3) is 0 Å². The minimum atomic E-state index is 0.339. The summed E-state index contributed by atoms with van der Waals surface area (Å²) in [5, 5.41) is 1.56. The van der Waals surface area contributed by atoms with Gasteiger partial charge in [0.2, 0.25) is 0 Å². The zero-order chi connectivity index (χ0) is 13.4. The molecular formula is C13H15BrClN3. The molecule has 2 aromatic rings. The highest BCUT2D eigenvalue weighted by Gasteiger charge is 2.16. The number of nitrogens with one attached hydrogen (secondary N) is 1. The summed E-state index contributed by atoms with van der Waals surface area (Å²) in [4.78, 5) is 4.60. The fourth-order valence-corrected chi connectivity index (χ4v) is 3.14. The van der Waals surface area contributed by atoms with Crippen LogP contribution in [0.5, 0.6) is 0 Å². The number of aromatic nitrogens is 1. The number of hydrazine groups is 1. The molecule has 0 amide bonds. The van der Waals surface area contributed by atoms with Crippen molar-refractivity contribution in [1.29, 1.82) is 0 Å². The smallest absolute Gasteiger partial charge is 0.0913 e. The molecule has 0 spiro atoms. The van der Waals surface area contributed by atoms with Crippen LogP contribution in [0.25, 0.3) is 10.9 Å². The highest BCUT2D eigenvalue weighted by Crippen LogP contribution is 2.37. The van der Waals surface area contributed by atoms with Crippen LogP contribution in [-0.2, 0) is 0 Å². The second-order valence-electron chi connectivity index (χ2n) is 4.57. The first-order chi connectivity index (χ1) is 8.45. The van der Waals surface area contributed by atoms with Gasteiger partial charge in [0, 0.05) is 21.1 Å². The van der Waals surface area contributed by atoms with Gasteiger partial charge in [0.15, 0.2) is 0 Å². The number of nitrogens with zero attached hydrogens (tertiary/aromatic N) is 1. The lowest BCUT2D eigenvalue weighted by molar-refractivity contribution is 0.848. The van der Waals surface area contributed by atoms with Crippen molar-refractivity contribution in [3.63, 3.8) is 0 Å². The summed E-state index contributed by atoms with van der Waals surface area (Å²) in [5.74, 6) is 6.03. The third kappa shape index (κ3) is 2.20. The molecule has 0 unspecified atom stereocenters. The molecule has 3 N–H and O–H groups in total. The van der Waals surface area contributed by atoms with Crippen LogP contribution in [-0.4, -0.2) is 4.98 Å². The van der Waals surface area contributed by atoms with E-state index in [0.29, 0.717) is 10.9 Å². The standard InChI is InChI=1S/C13H15BrClN3/c1-6(2)11-7(3)17-12-9(13(11)18-16)4-8(14)5-10(12)15/h4-6H,16H2,1-3H3,(H,17,18). The van der Waals surface area contributed by atoms with Gasteiger partial charge in [-0.25, -0.2) is 0 Å². The Hall–Kier alpha value is -0.840. The molecule has 18 heavy (non-hydrogen) atoms. The SMILES string of the molecule is Cc1nc2c(Cl)cc(Br)cc2c(NN)c1C(C)C. The summed E-state index contributed by atoms with van der Waals surface area (Å²) >= 11 is 9.68. The van der Waals surface area contributed by atoms with Gasteiger partial charge in [-0.15, -0.1) is 0 Å². The van der Waals surface area contributed by atoms with Crippen molar-refractivity contribution in [2.24, 2.45) is 5.84 Å². The molecule has 3 nitrogen and oxygen atoms in total. The molecule has 0 radical (unpaired) electrons. The lowest BCUT2D eigenvalue weighted by Gasteiger charge is -2.18. The van der Waals surface area contributed by atoms with Crippen molar-refractivity contribution < 1.29 is 0 Å². The van der Waals surface area contributed by atoms with E-state index >= 15 is 0 Å². The number of aryl methyl sites for hydroxylation is 1. The largest absolute Gasteiger partial charge is 0.323 e. The number of nitrogen functional groups attached to an aromatic ring is 1. The average Bonchev–Trinajstić information content (AvgIpc) is 2.28. The first-order valence-electron chi connectivity index (χ1n) is 5.71. The molecule has 0 fully saturated rings. The fraction of sp³-hybridized carbons (Fsp3) is 0.308. The van der Waals surface area contributed by atoms with Crippen molar-refractivity contribution in [2.75, 3.05) is 5.43 Å². The van der Waals surface area contributed by atoms with Crippen molar-refractivity contribution in [1.82, 2.24) is 4.98 Å². The van der Waals surface area contributed by atoms with Gasteiger partial charge < -0.3 is 5.43 Å². The van der Waals surface area contributed by atoms with Crippen LogP contribution in [0.2, 0.25) is 5.02 Å². The summed E-state index contributed by atoms with van der Waals surface area (Å²) in [6.07, 6.45) is 0. The molecule has 2 rings (SSSR count). The van der Waals surface area contributed by atoms with Gasteiger partial charge in [-0.1, -0.05) is 41.4 Å². The van der Waals surface area contributed by atoms with E-state index in [2.05, 4.69) is 40.2 Å². The maximum atomic E-state index is 6.23. The lowest BCUT2D eigenvalue weighted by Crippen LogP contribution is -2.12. The molecule has 0 bridgehead atoms. The molecule has 0 aliphatic carbocycles. The number of anilines is 1. The Balaban J connectivity index is 2.94. The van der Waals surface area contributed by atoms with Crippen molar-refractivity contribution in [2.45, 2.75) is 26.7 Å². The summed E-state index contributed by atoms with van der Waals surface area (Å²) in [7, 11) is 0. The molecule has 0 saturated carbocycles. The second-order valence-corrected chi connectivity index (χ2v) is 5.89. The zero-order valence-corrected chi connectivity index (χ0v) is 12.9. The van der Waals surface area contributed by atoms with E-state index in [1.54, 1.807) is 0 Å². The molecule has 0 atom stereocenters. The quantitative estimate of drug-likeness (QED) is 0.636. The Morgan fingerprint density at radius 1 is 1.39 bits per heavy atom. The van der Waals surface area contributed by atoms with E-state index in [-0.39, 0.29) is 0 Å². The van der Waals surface area contributed by atoms with Gasteiger partial charge in [-0.2, -0.15) is 0 Å². The van der Waals surface area contributed by atoms with E-state index in [9.17, 15) is 0 Å². The summed E-state index contributed by atoms with van der Waals surface area (Å²) in [5.41, 5.74) is 6.55. The van der Waals surface area contributed by atoms with Crippen LogP contribution < -0.4 is 11.3 Å². The molecule has 0 aliphatic rings. The molecule has 0 saturated heterocycles. The topological polar surface area (TPSA) is 50.9 Å². The number of halogens is 2. The van der Waals surface area contributed by atoms with Crippen LogP contribution in [0, 0.1) is 6.92 Å². The van der Waals surface area contributed by atoms with E-state index < -0.39 is 0 Å². The van der Waals surface area contributed by atoms with Gasteiger partial charge in [-0.05, 0) is 25.0 Å². The molecule has 96 valence electrons. The number of benzene rings is 1. The zero-order valence-electron chi connectivity index (χ0n) is 10.5. The minimum absolute atomic E-state index is 0.339. The normalized spacial score (nSPS) is 11.3. The monoisotopic (exact) mass is 327 g/mol. The highest BCUT2D eigenvalue weighted by molar-refractivity contribution is 9.10. The van der Waals surface area contributed by atoms with Crippen LogP contribution in [0.4, 0.5) is 5.69 Å². The van der Waals surface area contributed by atoms with E-state index in [0.717, 1.165) is 32.3 Å². The Morgan fingerprint density at radius 2 is 2.06 bits per heavy atom. The number of pyridine rings is 1.